The molecule has 0 atom stereocenters. The van der Waals surface area contributed by atoms with E-state index < -0.39 is 47.4 Å². The van der Waals surface area contributed by atoms with Gasteiger partial charge in [-0.3, -0.25) is 4.79 Å². The maximum absolute atomic E-state index is 13.3. The van der Waals surface area contributed by atoms with E-state index >= 15 is 0 Å². The molecule has 0 aliphatic carbocycles. The van der Waals surface area contributed by atoms with Crippen molar-refractivity contribution in [3.63, 3.8) is 0 Å². The van der Waals surface area contributed by atoms with Crippen molar-refractivity contribution in [2.45, 2.75) is 25.7 Å². The zero-order chi connectivity index (χ0) is 17.3. The van der Waals surface area contributed by atoms with Crippen LogP contribution in [0.15, 0.2) is 18.2 Å². The molecule has 2 nitrogen and oxygen atoms in total. The average molecular weight is 335 g/mol. The lowest BCUT2D eigenvalue weighted by Crippen LogP contribution is -2.57. The van der Waals surface area contributed by atoms with Crippen LogP contribution in [0.1, 0.15) is 13.3 Å². The molecule has 0 unspecified atom stereocenters. The monoisotopic (exact) mass is 335 g/mol. The molecule has 0 heterocycles. The van der Waals surface area contributed by atoms with Crippen LogP contribution in [0, 0.1) is 17.0 Å². The van der Waals surface area contributed by atoms with Crippen LogP contribution >= 0.6 is 0 Å². The second-order valence-electron chi connectivity index (χ2n) is 4.33. The van der Waals surface area contributed by atoms with Crippen molar-refractivity contribution >= 4 is 11.6 Å². The molecule has 0 aliphatic rings. The highest BCUT2D eigenvalue weighted by Gasteiger charge is 2.74. The molecule has 0 aliphatic heterocycles. The first-order valence-corrected chi connectivity index (χ1v) is 5.76. The third kappa shape index (κ3) is 3.00. The van der Waals surface area contributed by atoms with E-state index in [-0.39, 0.29) is 6.07 Å². The Labute approximate surface area is 119 Å². The summed E-state index contributed by atoms with van der Waals surface area (Å²) in [5, 5.41) is 1.22. The third-order valence-corrected chi connectivity index (χ3v) is 3.07. The molecule has 0 bridgehead atoms. The number of nitrogens with one attached hydrogen (secondary N) is 1. The lowest BCUT2D eigenvalue weighted by Gasteiger charge is -2.34. The fourth-order valence-electron chi connectivity index (χ4n) is 1.80. The maximum atomic E-state index is 13.3. The van der Waals surface area contributed by atoms with Gasteiger partial charge in [0.2, 0.25) is 11.3 Å². The van der Waals surface area contributed by atoms with Gasteiger partial charge in [-0.1, -0.05) is 6.92 Å². The molecular weight excluding hydrogens is 326 g/mol. The molecule has 22 heavy (non-hydrogen) atoms. The standard InChI is InChI=1S/C12H9F8NO/c1-2-10(11(15,16)17,12(18,19)20)9(22)21-8-4-3-6(13)5-7(8)14/h3-5H,2H2,1H3,(H,21,22). The highest BCUT2D eigenvalue weighted by Crippen LogP contribution is 2.53. The topological polar surface area (TPSA) is 29.1 Å². The molecule has 1 aromatic rings. The van der Waals surface area contributed by atoms with Crippen molar-refractivity contribution < 1.29 is 39.9 Å². The van der Waals surface area contributed by atoms with E-state index in [1.54, 1.807) is 0 Å². The zero-order valence-electron chi connectivity index (χ0n) is 10.9. The molecule has 0 spiro atoms. The van der Waals surface area contributed by atoms with Crippen LogP contribution in [0.5, 0.6) is 0 Å². The van der Waals surface area contributed by atoms with Gasteiger partial charge in [-0.25, -0.2) is 8.78 Å². The van der Waals surface area contributed by atoms with Gasteiger partial charge >= 0.3 is 12.4 Å². The van der Waals surface area contributed by atoms with E-state index in [4.69, 9.17) is 0 Å². The van der Waals surface area contributed by atoms with Gasteiger partial charge in [0.15, 0.2) is 0 Å². The Balaban J connectivity index is 3.30. The molecule has 0 saturated carbocycles. The molecule has 0 radical (unpaired) electrons. The Morgan fingerprint density at radius 3 is 1.91 bits per heavy atom. The summed E-state index contributed by atoms with van der Waals surface area (Å²) in [6, 6.07) is 1.31. The van der Waals surface area contributed by atoms with Crippen LogP contribution < -0.4 is 5.32 Å². The van der Waals surface area contributed by atoms with E-state index in [2.05, 4.69) is 0 Å². The lowest BCUT2D eigenvalue weighted by molar-refractivity contribution is -0.324. The first kappa shape index (κ1) is 18.2. The van der Waals surface area contributed by atoms with Gasteiger partial charge in [0.25, 0.3) is 0 Å². The quantitative estimate of drug-likeness (QED) is 0.814. The van der Waals surface area contributed by atoms with Crippen molar-refractivity contribution in [1.29, 1.82) is 0 Å². The van der Waals surface area contributed by atoms with Crippen molar-refractivity contribution in [2.24, 2.45) is 5.41 Å². The minimum atomic E-state index is -5.94. The number of hydrogen-bond donors (Lipinski definition) is 1. The number of benzene rings is 1. The number of alkyl halides is 6. The van der Waals surface area contributed by atoms with Crippen LogP contribution in [-0.2, 0) is 4.79 Å². The first-order valence-electron chi connectivity index (χ1n) is 5.76. The summed E-state index contributed by atoms with van der Waals surface area (Å²) >= 11 is 0. The van der Waals surface area contributed by atoms with E-state index in [1.165, 1.54) is 5.32 Å². The Morgan fingerprint density at radius 1 is 1.05 bits per heavy atom. The third-order valence-electron chi connectivity index (χ3n) is 3.07. The van der Waals surface area contributed by atoms with Gasteiger partial charge in [-0.2, -0.15) is 26.3 Å². The van der Waals surface area contributed by atoms with Crippen LogP contribution in [0.2, 0.25) is 0 Å². The van der Waals surface area contributed by atoms with Crippen LogP contribution in [0.25, 0.3) is 0 Å². The minimum absolute atomic E-state index is 0.213. The van der Waals surface area contributed by atoms with E-state index in [0.29, 0.717) is 19.1 Å². The summed E-state index contributed by atoms with van der Waals surface area (Å²) in [6.07, 6.45) is -13.5. The highest BCUT2D eigenvalue weighted by atomic mass is 19.4. The molecule has 1 N–H and O–H groups in total. The van der Waals surface area contributed by atoms with Crippen molar-refractivity contribution in [1.82, 2.24) is 0 Å². The molecule has 1 rings (SSSR count). The SMILES string of the molecule is CCC(C(=O)Nc1ccc(F)cc1F)(C(F)(F)F)C(F)(F)F. The van der Waals surface area contributed by atoms with Crippen molar-refractivity contribution in [3.05, 3.63) is 29.8 Å². The zero-order valence-corrected chi connectivity index (χ0v) is 10.9. The summed E-state index contributed by atoms with van der Waals surface area (Å²) in [5.74, 6) is -5.09. The van der Waals surface area contributed by atoms with Gasteiger partial charge in [-0.05, 0) is 18.6 Å². The Kier molecular flexibility index (Phi) is 4.73. The molecule has 0 aromatic heterocycles. The second-order valence-corrected chi connectivity index (χ2v) is 4.33. The normalized spacial score (nSPS) is 13.1. The summed E-state index contributed by atoms with van der Waals surface area (Å²) in [6.45, 7) is 0.529. The molecule has 124 valence electrons. The molecule has 0 saturated heterocycles. The van der Waals surface area contributed by atoms with Crippen LogP contribution in [0.3, 0.4) is 0 Å². The molecule has 1 amide bonds. The Morgan fingerprint density at radius 2 is 1.55 bits per heavy atom. The molecule has 1 aromatic carbocycles. The van der Waals surface area contributed by atoms with Gasteiger partial charge < -0.3 is 5.32 Å². The largest absolute Gasteiger partial charge is 0.412 e. The summed E-state index contributed by atoms with van der Waals surface area (Å²) in [7, 11) is 0. The first-order chi connectivity index (χ1) is 9.86. The number of hydrogen-bond acceptors (Lipinski definition) is 1. The lowest BCUT2D eigenvalue weighted by atomic mass is 9.82. The number of anilines is 1. The highest BCUT2D eigenvalue weighted by molar-refractivity contribution is 5.96. The molecular formula is C12H9F8NO. The Bertz CT molecular complexity index is 549. The van der Waals surface area contributed by atoms with Gasteiger partial charge in [0.05, 0.1) is 5.69 Å². The van der Waals surface area contributed by atoms with Crippen LogP contribution in [-0.4, -0.2) is 18.3 Å². The van der Waals surface area contributed by atoms with E-state index in [1.807, 2.05) is 0 Å². The summed E-state index contributed by atoms with van der Waals surface area (Å²) in [5.41, 5.74) is -5.68. The summed E-state index contributed by atoms with van der Waals surface area (Å²) < 4.78 is 103. The number of carbonyl (C=O) groups excluding carboxylic acids is 1. The predicted octanol–water partition coefficient (Wildman–Crippen LogP) is 4.42. The van der Waals surface area contributed by atoms with Crippen molar-refractivity contribution in [3.8, 4) is 0 Å². The number of halogens is 8. The maximum Gasteiger partial charge on any atom is 0.412 e. The van der Waals surface area contributed by atoms with Crippen molar-refractivity contribution in [2.75, 3.05) is 5.32 Å². The molecule has 0 fully saturated rings. The average Bonchev–Trinajstić information content (AvgIpc) is 2.30. The predicted molar refractivity (Wildman–Crippen MR) is 59.8 cm³/mol. The second kappa shape index (κ2) is 5.73. The van der Waals surface area contributed by atoms with Gasteiger partial charge in [0, 0.05) is 6.07 Å². The van der Waals surface area contributed by atoms with E-state index in [9.17, 15) is 39.9 Å². The minimum Gasteiger partial charge on any atom is -0.323 e. The van der Waals surface area contributed by atoms with Crippen LogP contribution in [0.4, 0.5) is 40.8 Å². The number of amides is 1. The smallest absolute Gasteiger partial charge is 0.323 e. The number of rotatable bonds is 3. The fourth-order valence-corrected chi connectivity index (χ4v) is 1.80. The van der Waals surface area contributed by atoms with E-state index in [0.717, 1.165) is 0 Å². The summed E-state index contributed by atoms with van der Waals surface area (Å²) in [4.78, 5) is 11.6. The van der Waals surface area contributed by atoms with Gasteiger partial charge in [-0.15, -0.1) is 0 Å². The van der Waals surface area contributed by atoms with Gasteiger partial charge in [0.1, 0.15) is 11.6 Å². The molecule has 10 heteroatoms. The Hall–Kier alpha value is -1.87. The number of carbonyl (C=O) groups is 1. The fraction of sp³-hybridized carbons (Fsp3) is 0.417.